The van der Waals surface area contributed by atoms with Crippen molar-refractivity contribution in [1.29, 1.82) is 0 Å². The van der Waals surface area contributed by atoms with Crippen molar-refractivity contribution in [1.82, 2.24) is 23.9 Å². The molecule has 0 amide bonds. The number of aryl methyl sites for hydroxylation is 1. The van der Waals surface area contributed by atoms with Gasteiger partial charge in [0.15, 0.2) is 0 Å². The number of para-hydroxylation sites is 2. The first kappa shape index (κ1) is 32.2. The van der Waals surface area contributed by atoms with Crippen molar-refractivity contribution in [2.75, 3.05) is 7.05 Å². The summed E-state index contributed by atoms with van der Waals surface area (Å²) in [6, 6.07) is 24.7. The first-order valence-corrected chi connectivity index (χ1v) is 14.8. The summed E-state index contributed by atoms with van der Waals surface area (Å²) in [6.45, 7) is 0.101. The standard InChI is InChI=1S/C31H29N5O5S.2CH4/c1-34-20-27(32-33-34)25-18-26(25)30-24(31(37)38)15-16-36(30)22-10-8-9-21(17-22)19-35(2)42(39,40)29-14-7-6-13-28(29)41-23-11-4-3-5-12-23;;/h3-17,20,25-26H,18-19H2,1-2H3,(H,37,38);2*1H4/t25-,26-;;/m1../s1. The van der Waals surface area contributed by atoms with Crippen molar-refractivity contribution >= 4 is 16.0 Å². The van der Waals surface area contributed by atoms with Crippen molar-refractivity contribution in [3.8, 4) is 17.2 Å². The number of rotatable bonds is 10. The monoisotopic (exact) mass is 615 g/mol. The van der Waals surface area contributed by atoms with Gasteiger partial charge < -0.3 is 14.4 Å². The molecule has 2 aromatic heterocycles. The summed E-state index contributed by atoms with van der Waals surface area (Å²) in [5.41, 5.74) is 3.27. The van der Waals surface area contributed by atoms with Crippen LogP contribution in [0.1, 0.15) is 60.4 Å². The Kier molecular flexibility index (Phi) is 9.41. The van der Waals surface area contributed by atoms with Gasteiger partial charge in [-0.25, -0.2) is 13.2 Å². The second-order valence-corrected chi connectivity index (χ2v) is 12.4. The van der Waals surface area contributed by atoms with Crippen molar-refractivity contribution in [2.45, 2.75) is 44.6 Å². The van der Waals surface area contributed by atoms with E-state index in [0.717, 1.165) is 23.4 Å². The maximum Gasteiger partial charge on any atom is 0.337 e. The largest absolute Gasteiger partial charge is 0.478 e. The lowest BCUT2D eigenvalue weighted by atomic mass is 10.1. The van der Waals surface area contributed by atoms with Crippen LogP contribution in [-0.2, 0) is 23.6 Å². The van der Waals surface area contributed by atoms with Crippen LogP contribution in [0.15, 0.2) is 102 Å². The SMILES string of the molecule is C.C.CN(Cc1cccc(-n2ccc(C(=O)O)c2[C@@H]2C[C@H]2c2cn(C)nn2)c1)S(=O)(=O)c1ccccc1Oc1ccccc1. The molecule has 3 aromatic carbocycles. The van der Waals surface area contributed by atoms with Crippen LogP contribution >= 0.6 is 0 Å². The Morgan fingerprint density at radius 2 is 1.73 bits per heavy atom. The molecule has 10 nitrogen and oxygen atoms in total. The summed E-state index contributed by atoms with van der Waals surface area (Å²) in [5.74, 6) is -0.147. The average Bonchev–Trinajstić information content (AvgIpc) is 3.42. The number of benzene rings is 3. The Morgan fingerprint density at radius 3 is 2.43 bits per heavy atom. The van der Waals surface area contributed by atoms with Crippen molar-refractivity contribution in [3.63, 3.8) is 0 Å². The van der Waals surface area contributed by atoms with Crippen molar-refractivity contribution in [2.24, 2.45) is 7.05 Å². The van der Waals surface area contributed by atoms with Crippen LogP contribution in [0.4, 0.5) is 0 Å². The average molecular weight is 616 g/mol. The predicted molar refractivity (Wildman–Crippen MR) is 169 cm³/mol. The van der Waals surface area contributed by atoms with E-state index in [1.807, 2.05) is 53.2 Å². The Morgan fingerprint density at radius 1 is 1.00 bits per heavy atom. The van der Waals surface area contributed by atoms with Crippen LogP contribution in [0, 0.1) is 0 Å². The molecule has 5 aromatic rings. The molecule has 6 rings (SSSR count). The highest BCUT2D eigenvalue weighted by molar-refractivity contribution is 7.89. The predicted octanol–water partition coefficient (Wildman–Crippen LogP) is 6.46. The van der Waals surface area contributed by atoms with E-state index >= 15 is 0 Å². The molecule has 0 unspecified atom stereocenters. The first-order chi connectivity index (χ1) is 20.2. The van der Waals surface area contributed by atoms with Crippen LogP contribution in [-0.4, -0.2) is 50.4 Å². The fourth-order valence-corrected chi connectivity index (χ4v) is 6.54. The molecular weight excluding hydrogens is 578 g/mol. The maximum atomic E-state index is 13.7. The van der Waals surface area contributed by atoms with Gasteiger partial charge in [-0.05, 0) is 54.4 Å². The number of aromatic nitrogens is 4. The summed E-state index contributed by atoms with van der Waals surface area (Å²) in [7, 11) is -0.580. The topological polar surface area (TPSA) is 120 Å². The van der Waals surface area contributed by atoms with E-state index in [0.29, 0.717) is 11.4 Å². The third-order valence-corrected chi connectivity index (χ3v) is 9.24. The smallest absolute Gasteiger partial charge is 0.337 e. The van der Waals surface area contributed by atoms with Crippen LogP contribution in [0.2, 0.25) is 0 Å². The van der Waals surface area contributed by atoms with E-state index in [-0.39, 0.29) is 49.4 Å². The molecule has 1 aliphatic rings. The summed E-state index contributed by atoms with van der Waals surface area (Å²) in [5, 5.41) is 18.2. The number of hydrogen-bond acceptors (Lipinski definition) is 6. The summed E-state index contributed by atoms with van der Waals surface area (Å²) in [4.78, 5) is 12.2. The third kappa shape index (κ3) is 6.29. The van der Waals surface area contributed by atoms with Gasteiger partial charge in [0.25, 0.3) is 0 Å². The number of ether oxygens (including phenoxy) is 1. The third-order valence-electron chi connectivity index (χ3n) is 7.40. The number of sulfonamides is 1. The highest BCUT2D eigenvalue weighted by Gasteiger charge is 2.45. The molecular formula is C33H37N5O5S. The lowest BCUT2D eigenvalue weighted by Gasteiger charge is -2.20. The van der Waals surface area contributed by atoms with Crippen LogP contribution in [0.5, 0.6) is 11.5 Å². The number of nitrogens with zero attached hydrogens (tertiary/aromatic N) is 5. The minimum atomic E-state index is -3.91. The zero-order chi connectivity index (χ0) is 29.4. The lowest BCUT2D eigenvalue weighted by molar-refractivity contribution is 0.0695. The maximum absolute atomic E-state index is 13.7. The van der Waals surface area contributed by atoms with Gasteiger partial charge in [0, 0.05) is 56.3 Å². The molecule has 0 radical (unpaired) electrons. The van der Waals surface area contributed by atoms with E-state index < -0.39 is 16.0 Å². The van der Waals surface area contributed by atoms with Crippen LogP contribution in [0.3, 0.4) is 0 Å². The fourth-order valence-electron chi connectivity index (χ4n) is 5.27. The van der Waals surface area contributed by atoms with Gasteiger partial charge in [-0.1, -0.05) is 62.5 Å². The zero-order valence-corrected chi connectivity index (χ0v) is 23.8. The van der Waals surface area contributed by atoms with E-state index in [2.05, 4.69) is 10.3 Å². The summed E-state index contributed by atoms with van der Waals surface area (Å²) >= 11 is 0. The number of hydrogen-bond donors (Lipinski definition) is 1. The van der Waals surface area contributed by atoms with Crippen molar-refractivity contribution < 1.29 is 23.1 Å². The van der Waals surface area contributed by atoms with Gasteiger partial charge in [0.1, 0.15) is 16.4 Å². The van der Waals surface area contributed by atoms with Gasteiger partial charge in [-0.2, -0.15) is 4.31 Å². The first-order valence-electron chi connectivity index (χ1n) is 13.4. The molecule has 2 atom stereocenters. The molecule has 0 bridgehead atoms. The molecule has 0 spiro atoms. The molecule has 1 aliphatic carbocycles. The number of carbonyl (C=O) groups is 1. The fraction of sp³-hybridized carbons (Fsp3) is 0.242. The lowest BCUT2D eigenvalue weighted by Crippen LogP contribution is -2.27. The minimum Gasteiger partial charge on any atom is -0.478 e. The minimum absolute atomic E-state index is 0. The summed E-state index contributed by atoms with van der Waals surface area (Å²) < 4.78 is 38.0. The molecule has 0 saturated heterocycles. The molecule has 1 saturated carbocycles. The molecule has 1 N–H and O–H groups in total. The molecule has 230 valence electrons. The second kappa shape index (κ2) is 12.9. The number of aromatic carboxylic acids is 1. The molecule has 11 heteroatoms. The highest BCUT2D eigenvalue weighted by Crippen LogP contribution is 2.55. The second-order valence-electron chi connectivity index (χ2n) is 10.3. The van der Waals surface area contributed by atoms with E-state index in [4.69, 9.17) is 4.74 Å². The highest BCUT2D eigenvalue weighted by atomic mass is 32.2. The number of carboxylic acid groups (broad SMARTS) is 1. The normalized spacial score (nSPS) is 15.7. The number of carboxylic acids is 1. The molecule has 1 fully saturated rings. The van der Waals surface area contributed by atoms with Gasteiger partial charge in [-0.3, -0.25) is 4.68 Å². The molecule has 44 heavy (non-hydrogen) atoms. The molecule has 0 aliphatic heterocycles. The zero-order valence-electron chi connectivity index (χ0n) is 23.0. The Bertz CT molecular complexity index is 1870. The van der Waals surface area contributed by atoms with E-state index in [1.165, 1.54) is 17.4 Å². The molecule has 2 heterocycles. The van der Waals surface area contributed by atoms with Gasteiger partial charge in [0.05, 0.1) is 11.3 Å². The Balaban J connectivity index is 0.00000221. The van der Waals surface area contributed by atoms with E-state index in [1.54, 1.807) is 54.3 Å². The van der Waals surface area contributed by atoms with Gasteiger partial charge >= 0.3 is 5.97 Å². The summed E-state index contributed by atoms with van der Waals surface area (Å²) in [6.07, 6.45) is 4.38. The van der Waals surface area contributed by atoms with E-state index in [9.17, 15) is 18.3 Å². The van der Waals surface area contributed by atoms with Crippen LogP contribution < -0.4 is 4.74 Å². The quantitative estimate of drug-likeness (QED) is 0.191. The van der Waals surface area contributed by atoms with Gasteiger partial charge in [-0.15, -0.1) is 5.10 Å². The van der Waals surface area contributed by atoms with Gasteiger partial charge in [0.2, 0.25) is 10.0 Å². The Hall–Kier alpha value is -4.74. The Labute approximate surface area is 258 Å². The van der Waals surface area contributed by atoms with Crippen molar-refractivity contribution in [3.05, 3.63) is 120 Å². The van der Waals surface area contributed by atoms with Crippen LogP contribution in [0.25, 0.3) is 5.69 Å².